The summed E-state index contributed by atoms with van der Waals surface area (Å²) in [5.41, 5.74) is 2.00. The van der Waals surface area contributed by atoms with E-state index in [9.17, 15) is 4.39 Å². The zero-order valence-corrected chi connectivity index (χ0v) is 10.9. The molecule has 1 aromatic heterocycles. The highest BCUT2D eigenvalue weighted by Crippen LogP contribution is 2.40. The van der Waals surface area contributed by atoms with Crippen LogP contribution in [-0.4, -0.2) is 16.6 Å². The van der Waals surface area contributed by atoms with Crippen molar-refractivity contribution in [1.82, 2.24) is 14.9 Å². The van der Waals surface area contributed by atoms with Gasteiger partial charge in [-0.15, -0.1) is 0 Å². The number of rotatable bonds is 2. The van der Waals surface area contributed by atoms with Crippen LogP contribution in [0.2, 0.25) is 0 Å². The number of benzene rings is 1. The van der Waals surface area contributed by atoms with Gasteiger partial charge < -0.3 is 14.6 Å². The largest absolute Gasteiger partial charge is 0.484 e. The molecular formula is C14H16FN3O. The van der Waals surface area contributed by atoms with Gasteiger partial charge in [-0.05, 0) is 13.1 Å². The Balaban J connectivity index is 1.99. The zero-order valence-electron chi connectivity index (χ0n) is 10.9. The molecule has 100 valence electrons. The Morgan fingerprint density at radius 2 is 2.32 bits per heavy atom. The molecule has 0 fully saturated rings. The third-order valence-corrected chi connectivity index (χ3v) is 3.60. The van der Waals surface area contributed by atoms with E-state index in [0.29, 0.717) is 5.75 Å². The molecule has 0 saturated carbocycles. The number of aryl methyl sites for hydroxylation is 1. The van der Waals surface area contributed by atoms with Gasteiger partial charge in [0.1, 0.15) is 17.7 Å². The smallest absolute Gasteiger partial charge is 0.142 e. The Kier molecular flexibility index (Phi) is 2.98. The van der Waals surface area contributed by atoms with Gasteiger partial charge in [0, 0.05) is 31.1 Å². The molecule has 0 spiro atoms. The Hall–Kier alpha value is -1.88. The van der Waals surface area contributed by atoms with E-state index >= 15 is 0 Å². The molecule has 0 radical (unpaired) electrons. The molecule has 0 bridgehead atoms. The minimum absolute atomic E-state index is 0.112. The summed E-state index contributed by atoms with van der Waals surface area (Å²) in [7, 11) is 3.84. The molecule has 1 aliphatic heterocycles. The van der Waals surface area contributed by atoms with Crippen LogP contribution in [0.1, 0.15) is 29.8 Å². The molecule has 3 rings (SSSR count). The summed E-state index contributed by atoms with van der Waals surface area (Å²) in [6.07, 6.45) is 4.23. The van der Waals surface area contributed by atoms with Crippen LogP contribution < -0.4 is 10.1 Å². The maximum atomic E-state index is 13.4. The maximum Gasteiger partial charge on any atom is 0.142 e. The minimum Gasteiger partial charge on any atom is -0.484 e. The van der Waals surface area contributed by atoms with Crippen LogP contribution in [0.5, 0.6) is 5.75 Å². The second-order valence-corrected chi connectivity index (χ2v) is 4.80. The second kappa shape index (κ2) is 4.66. The summed E-state index contributed by atoms with van der Waals surface area (Å²) < 4.78 is 21.2. The zero-order chi connectivity index (χ0) is 13.4. The molecule has 2 aromatic rings. The van der Waals surface area contributed by atoms with E-state index in [-0.39, 0.29) is 18.0 Å². The van der Waals surface area contributed by atoms with Gasteiger partial charge >= 0.3 is 0 Å². The molecule has 2 unspecified atom stereocenters. The van der Waals surface area contributed by atoms with Crippen LogP contribution in [0, 0.1) is 5.82 Å². The molecule has 2 atom stereocenters. The summed E-state index contributed by atoms with van der Waals surface area (Å²) in [6.45, 7) is 0. The third-order valence-electron chi connectivity index (χ3n) is 3.60. The summed E-state index contributed by atoms with van der Waals surface area (Å²) in [4.78, 5) is 4.11. The molecule has 19 heavy (non-hydrogen) atoms. The fourth-order valence-electron chi connectivity index (χ4n) is 2.57. The predicted molar refractivity (Wildman–Crippen MR) is 69.4 cm³/mol. The molecule has 5 heteroatoms. The van der Waals surface area contributed by atoms with Crippen molar-refractivity contribution in [3.05, 3.63) is 47.8 Å². The van der Waals surface area contributed by atoms with E-state index in [1.165, 1.54) is 12.1 Å². The average molecular weight is 261 g/mol. The first-order valence-electron chi connectivity index (χ1n) is 6.28. The monoisotopic (exact) mass is 261 g/mol. The van der Waals surface area contributed by atoms with Crippen molar-refractivity contribution in [2.24, 2.45) is 7.05 Å². The lowest BCUT2D eigenvalue weighted by atomic mass is 9.95. The van der Waals surface area contributed by atoms with Crippen molar-refractivity contribution in [3.63, 3.8) is 0 Å². The number of imidazole rings is 1. The first-order chi connectivity index (χ1) is 9.19. The van der Waals surface area contributed by atoms with E-state index in [0.717, 1.165) is 17.7 Å². The van der Waals surface area contributed by atoms with Crippen LogP contribution in [-0.2, 0) is 7.05 Å². The Bertz CT molecular complexity index is 596. The highest BCUT2D eigenvalue weighted by atomic mass is 19.1. The molecule has 1 aromatic carbocycles. The SMILES string of the molecule is CNC1CC(c2cncn2C)Oc2cc(F)ccc21. The van der Waals surface area contributed by atoms with Crippen molar-refractivity contribution in [1.29, 1.82) is 0 Å². The Labute approximate surface area is 111 Å². The first kappa shape index (κ1) is 12.2. The van der Waals surface area contributed by atoms with Crippen LogP contribution in [0.3, 0.4) is 0 Å². The van der Waals surface area contributed by atoms with Crippen LogP contribution in [0.15, 0.2) is 30.7 Å². The van der Waals surface area contributed by atoms with Crippen molar-refractivity contribution in [3.8, 4) is 5.75 Å². The quantitative estimate of drug-likeness (QED) is 0.902. The van der Waals surface area contributed by atoms with Crippen LogP contribution in [0.25, 0.3) is 0 Å². The average Bonchev–Trinajstić information content (AvgIpc) is 2.83. The number of hydrogen-bond acceptors (Lipinski definition) is 3. The number of nitrogens with zero attached hydrogens (tertiary/aromatic N) is 2. The van der Waals surface area contributed by atoms with E-state index < -0.39 is 0 Å². The Morgan fingerprint density at radius 1 is 1.47 bits per heavy atom. The lowest BCUT2D eigenvalue weighted by molar-refractivity contribution is 0.146. The summed E-state index contributed by atoms with van der Waals surface area (Å²) >= 11 is 0. The van der Waals surface area contributed by atoms with Gasteiger partial charge in [0.25, 0.3) is 0 Å². The molecule has 0 amide bonds. The lowest BCUT2D eigenvalue weighted by Gasteiger charge is -2.32. The molecular weight excluding hydrogens is 245 g/mol. The van der Waals surface area contributed by atoms with Gasteiger partial charge in [-0.1, -0.05) is 6.07 Å². The molecule has 4 nitrogen and oxygen atoms in total. The molecule has 0 aliphatic carbocycles. The van der Waals surface area contributed by atoms with Gasteiger partial charge in [0.2, 0.25) is 0 Å². The summed E-state index contributed by atoms with van der Waals surface area (Å²) in [5.74, 6) is 0.330. The van der Waals surface area contributed by atoms with Gasteiger partial charge in [-0.3, -0.25) is 0 Å². The molecule has 1 aliphatic rings. The van der Waals surface area contributed by atoms with Crippen molar-refractivity contribution >= 4 is 0 Å². The summed E-state index contributed by atoms with van der Waals surface area (Å²) in [6, 6.07) is 4.86. The maximum absolute atomic E-state index is 13.4. The topological polar surface area (TPSA) is 39.1 Å². The van der Waals surface area contributed by atoms with Gasteiger partial charge in [0.15, 0.2) is 0 Å². The number of fused-ring (bicyclic) bond motifs is 1. The fraction of sp³-hybridized carbons (Fsp3) is 0.357. The highest BCUT2D eigenvalue weighted by molar-refractivity contribution is 5.39. The van der Waals surface area contributed by atoms with E-state index in [4.69, 9.17) is 4.74 Å². The first-order valence-corrected chi connectivity index (χ1v) is 6.28. The van der Waals surface area contributed by atoms with Gasteiger partial charge in [-0.2, -0.15) is 0 Å². The number of halogens is 1. The van der Waals surface area contributed by atoms with E-state index in [2.05, 4.69) is 10.3 Å². The second-order valence-electron chi connectivity index (χ2n) is 4.80. The number of aromatic nitrogens is 2. The van der Waals surface area contributed by atoms with Crippen molar-refractivity contribution < 1.29 is 9.13 Å². The van der Waals surface area contributed by atoms with E-state index in [1.807, 2.05) is 18.7 Å². The van der Waals surface area contributed by atoms with Crippen LogP contribution >= 0.6 is 0 Å². The van der Waals surface area contributed by atoms with Gasteiger partial charge in [-0.25, -0.2) is 9.37 Å². The fourth-order valence-corrected chi connectivity index (χ4v) is 2.57. The van der Waals surface area contributed by atoms with Gasteiger partial charge in [0.05, 0.1) is 18.2 Å². The molecule has 2 heterocycles. The Morgan fingerprint density at radius 3 is 3.00 bits per heavy atom. The van der Waals surface area contributed by atoms with Crippen molar-refractivity contribution in [2.75, 3.05) is 7.05 Å². The molecule has 1 N–H and O–H groups in total. The van der Waals surface area contributed by atoms with E-state index in [1.54, 1.807) is 18.6 Å². The normalized spacial score (nSPS) is 21.8. The number of hydrogen-bond donors (Lipinski definition) is 1. The number of ether oxygens (including phenoxy) is 1. The molecule has 0 saturated heterocycles. The minimum atomic E-state index is -0.278. The standard InChI is InChI=1S/C14H16FN3O/c1-16-11-6-14(12-7-17-8-18(12)2)19-13-5-9(15)3-4-10(11)13/h3-5,7-8,11,14,16H,6H2,1-2H3. The summed E-state index contributed by atoms with van der Waals surface area (Å²) in [5, 5.41) is 3.26. The van der Waals surface area contributed by atoms with Crippen molar-refractivity contribution in [2.45, 2.75) is 18.6 Å². The number of nitrogens with one attached hydrogen (secondary N) is 1. The lowest BCUT2D eigenvalue weighted by Crippen LogP contribution is -2.27. The highest BCUT2D eigenvalue weighted by Gasteiger charge is 2.30. The third kappa shape index (κ3) is 2.10. The van der Waals surface area contributed by atoms with Crippen LogP contribution in [0.4, 0.5) is 4.39 Å². The predicted octanol–water partition coefficient (Wildman–Crippen LogP) is 2.34.